The Morgan fingerprint density at radius 2 is 1.43 bits per heavy atom. The Morgan fingerprint density at radius 3 is 2.14 bits per heavy atom. The first-order chi connectivity index (χ1) is 6.95. The minimum absolute atomic E-state index is 0.874. The number of nitrogens with one attached hydrogen (secondary N) is 1. The molecule has 0 unspecified atom stereocenters. The van der Waals surface area contributed by atoms with Crippen molar-refractivity contribution in [3.63, 3.8) is 0 Å². The van der Waals surface area contributed by atoms with Crippen molar-refractivity contribution in [3.05, 3.63) is 0 Å². The van der Waals surface area contributed by atoms with Crippen LogP contribution in [0.25, 0.3) is 0 Å². The molecule has 0 radical (unpaired) electrons. The van der Waals surface area contributed by atoms with Crippen LogP contribution in [0.1, 0.15) is 64.2 Å². The summed E-state index contributed by atoms with van der Waals surface area (Å²) in [6.45, 7) is 1.29. The van der Waals surface area contributed by atoms with Gasteiger partial charge in [0.05, 0.1) is 0 Å². The molecule has 2 rings (SSSR count). The molecule has 2 fully saturated rings. The molecule has 1 heteroatoms. The second-order valence-electron chi connectivity index (χ2n) is 5.23. The highest BCUT2D eigenvalue weighted by Crippen LogP contribution is 2.26. The molecule has 0 atom stereocenters. The minimum Gasteiger partial charge on any atom is -0.314 e. The first-order valence-electron chi connectivity index (χ1n) is 6.68. The van der Waals surface area contributed by atoms with E-state index in [9.17, 15) is 0 Å². The standard InChI is InChI=1S/C13H25N/c1-2-6-12(7-3-1)10-11-14-13-8-4-5-9-13/h12-14H,1-11H2. The van der Waals surface area contributed by atoms with Crippen molar-refractivity contribution in [1.29, 1.82) is 0 Å². The summed E-state index contributed by atoms with van der Waals surface area (Å²) in [4.78, 5) is 0. The molecule has 82 valence electrons. The van der Waals surface area contributed by atoms with Crippen LogP contribution in [0.4, 0.5) is 0 Å². The van der Waals surface area contributed by atoms with Crippen molar-refractivity contribution >= 4 is 0 Å². The molecule has 2 saturated carbocycles. The van der Waals surface area contributed by atoms with E-state index in [2.05, 4.69) is 5.32 Å². The van der Waals surface area contributed by atoms with Gasteiger partial charge in [-0.2, -0.15) is 0 Å². The van der Waals surface area contributed by atoms with E-state index < -0.39 is 0 Å². The number of hydrogen-bond acceptors (Lipinski definition) is 1. The lowest BCUT2D eigenvalue weighted by Crippen LogP contribution is -2.28. The zero-order valence-electron chi connectivity index (χ0n) is 9.43. The quantitative estimate of drug-likeness (QED) is 0.724. The van der Waals surface area contributed by atoms with E-state index in [1.165, 1.54) is 70.8 Å². The molecule has 2 aliphatic rings. The molecule has 0 amide bonds. The second-order valence-corrected chi connectivity index (χ2v) is 5.23. The Labute approximate surface area is 88.7 Å². The van der Waals surface area contributed by atoms with Crippen molar-refractivity contribution in [3.8, 4) is 0 Å². The maximum atomic E-state index is 3.73. The van der Waals surface area contributed by atoms with E-state index in [0.29, 0.717) is 0 Å². The topological polar surface area (TPSA) is 12.0 Å². The van der Waals surface area contributed by atoms with Crippen LogP contribution < -0.4 is 5.32 Å². The zero-order valence-corrected chi connectivity index (χ0v) is 9.43. The SMILES string of the molecule is C1CCC(CCNC2CCCC2)CC1. The highest BCUT2D eigenvalue weighted by molar-refractivity contribution is 4.74. The van der Waals surface area contributed by atoms with Gasteiger partial charge in [0.2, 0.25) is 0 Å². The molecule has 0 bridgehead atoms. The molecule has 0 saturated heterocycles. The molecule has 14 heavy (non-hydrogen) atoms. The van der Waals surface area contributed by atoms with E-state index in [0.717, 1.165) is 12.0 Å². The van der Waals surface area contributed by atoms with Crippen LogP contribution in [0.5, 0.6) is 0 Å². The zero-order chi connectivity index (χ0) is 9.64. The number of hydrogen-bond donors (Lipinski definition) is 1. The number of rotatable bonds is 4. The first-order valence-corrected chi connectivity index (χ1v) is 6.68. The van der Waals surface area contributed by atoms with E-state index in [1.54, 1.807) is 0 Å². The van der Waals surface area contributed by atoms with Crippen molar-refractivity contribution in [2.45, 2.75) is 70.3 Å². The van der Waals surface area contributed by atoms with Crippen molar-refractivity contribution in [1.82, 2.24) is 5.32 Å². The van der Waals surface area contributed by atoms with Crippen molar-refractivity contribution < 1.29 is 0 Å². The summed E-state index contributed by atoms with van der Waals surface area (Å²) in [6, 6.07) is 0.874. The minimum atomic E-state index is 0.874. The van der Waals surface area contributed by atoms with Crippen molar-refractivity contribution in [2.75, 3.05) is 6.54 Å². The lowest BCUT2D eigenvalue weighted by molar-refractivity contribution is 0.327. The molecule has 0 aromatic carbocycles. The van der Waals surface area contributed by atoms with E-state index >= 15 is 0 Å². The van der Waals surface area contributed by atoms with Gasteiger partial charge in [-0.25, -0.2) is 0 Å². The third kappa shape index (κ3) is 3.27. The van der Waals surface area contributed by atoms with E-state index in [4.69, 9.17) is 0 Å². The molecule has 1 N–H and O–H groups in total. The Kier molecular flexibility index (Phi) is 4.30. The lowest BCUT2D eigenvalue weighted by Gasteiger charge is -2.22. The van der Waals surface area contributed by atoms with Crippen LogP contribution >= 0.6 is 0 Å². The molecule has 1 nitrogen and oxygen atoms in total. The highest BCUT2D eigenvalue weighted by Gasteiger charge is 2.16. The molecular formula is C13H25N. The van der Waals surface area contributed by atoms with Gasteiger partial charge in [0, 0.05) is 6.04 Å². The molecular weight excluding hydrogens is 170 g/mol. The molecule has 0 aromatic rings. The fourth-order valence-electron chi connectivity index (χ4n) is 3.10. The first kappa shape index (κ1) is 10.5. The Balaban J connectivity index is 1.52. The second kappa shape index (κ2) is 5.75. The Morgan fingerprint density at radius 1 is 0.786 bits per heavy atom. The van der Waals surface area contributed by atoms with Gasteiger partial charge in [-0.05, 0) is 31.7 Å². The van der Waals surface area contributed by atoms with Gasteiger partial charge in [0.15, 0.2) is 0 Å². The predicted molar refractivity (Wildman–Crippen MR) is 61.5 cm³/mol. The van der Waals surface area contributed by atoms with Crippen LogP contribution in [0.15, 0.2) is 0 Å². The van der Waals surface area contributed by atoms with Gasteiger partial charge >= 0.3 is 0 Å². The third-order valence-electron chi connectivity index (χ3n) is 4.07. The maximum absolute atomic E-state index is 3.73. The largest absolute Gasteiger partial charge is 0.314 e. The lowest BCUT2D eigenvalue weighted by atomic mass is 9.87. The van der Waals surface area contributed by atoms with Gasteiger partial charge in [-0.3, -0.25) is 0 Å². The third-order valence-corrected chi connectivity index (χ3v) is 4.07. The van der Waals surface area contributed by atoms with Crippen molar-refractivity contribution in [2.24, 2.45) is 5.92 Å². The van der Waals surface area contributed by atoms with Crippen LogP contribution in [-0.2, 0) is 0 Å². The van der Waals surface area contributed by atoms with Crippen LogP contribution in [-0.4, -0.2) is 12.6 Å². The van der Waals surface area contributed by atoms with Crippen LogP contribution in [0, 0.1) is 5.92 Å². The monoisotopic (exact) mass is 195 g/mol. The van der Waals surface area contributed by atoms with E-state index in [-0.39, 0.29) is 0 Å². The Bertz CT molecular complexity index is 143. The maximum Gasteiger partial charge on any atom is 0.00670 e. The molecule has 0 aromatic heterocycles. The van der Waals surface area contributed by atoms with Crippen LogP contribution in [0.2, 0.25) is 0 Å². The summed E-state index contributed by atoms with van der Waals surface area (Å²) in [7, 11) is 0. The summed E-state index contributed by atoms with van der Waals surface area (Å²) in [5.41, 5.74) is 0. The molecule has 2 aliphatic carbocycles. The average Bonchev–Trinajstić information content (AvgIpc) is 2.72. The van der Waals surface area contributed by atoms with Gasteiger partial charge in [0.1, 0.15) is 0 Å². The van der Waals surface area contributed by atoms with Gasteiger partial charge < -0.3 is 5.32 Å². The fraction of sp³-hybridized carbons (Fsp3) is 1.00. The Hall–Kier alpha value is -0.0400. The summed E-state index contributed by atoms with van der Waals surface area (Å²) < 4.78 is 0. The molecule has 0 aliphatic heterocycles. The van der Waals surface area contributed by atoms with Crippen LogP contribution in [0.3, 0.4) is 0 Å². The summed E-state index contributed by atoms with van der Waals surface area (Å²) in [5, 5.41) is 3.73. The van der Waals surface area contributed by atoms with E-state index in [1.807, 2.05) is 0 Å². The molecule has 0 heterocycles. The summed E-state index contributed by atoms with van der Waals surface area (Å²) in [6.07, 6.45) is 14.7. The van der Waals surface area contributed by atoms with Gasteiger partial charge in [-0.1, -0.05) is 44.9 Å². The summed E-state index contributed by atoms with van der Waals surface area (Å²) in [5.74, 6) is 1.05. The fourth-order valence-corrected chi connectivity index (χ4v) is 3.10. The van der Waals surface area contributed by atoms with Gasteiger partial charge in [-0.15, -0.1) is 0 Å². The van der Waals surface area contributed by atoms with Gasteiger partial charge in [0.25, 0.3) is 0 Å². The smallest absolute Gasteiger partial charge is 0.00670 e. The highest BCUT2D eigenvalue weighted by atomic mass is 14.9. The predicted octanol–water partition coefficient (Wildman–Crippen LogP) is 3.49. The normalized spacial score (nSPS) is 25.7. The molecule has 0 spiro atoms. The average molecular weight is 195 g/mol. The summed E-state index contributed by atoms with van der Waals surface area (Å²) >= 11 is 0.